The lowest BCUT2D eigenvalue weighted by atomic mass is 9.61. The minimum absolute atomic E-state index is 0.0558. The van der Waals surface area contributed by atoms with Crippen molar-refractivity contribution < 1.29 is 14.3 Å². The summed E-state index contributed by atoms with van der Waals surface area (Å²) in [5, 5.41) is 0. The fraction of sp³-hybridized carbons (Fsp3) is 0.731. The van der Waals surface area contributed by atoms with Crippen molar-refractivity contribution >= 4 is 5.97 Å². The van der Waals surface area contributed by atoms with E-state index in [9.17, 15) is 4.79 Å². The Morgan fingerprint density at radius 3 is 2.69 bits per heavy atom. The maximum absolute atomic E-state index is 12.8. The molecule has 0 aliphatic heterocycles. The van der Waals surface area contributed by atoms with Crippen molar-refractivity contribution in [3.63, 3.8) is 0 Å². The van der Waals surface area contributed by atoms with Gasteiger partial charge < -0.3 is 9.47 Å². The maximum Gasteiger partial charge on any atom is 0.338 e. The number of esters is 1. The van der Waals surface area contributed by atoms with Crippen LogP contribution in [0.4, 0.5) is 0 Å². The predicted octanol–water partition coefficient (Wildman–Crippen LogP) is 6.90. The molecule has 2 aliphatic rings. The normalized spacial score (nSPS) is 30.1. The molecule has 29 heavy (non-hydrogen) atoms. The van der Waals surface area contributed by atoms with Crippen LogP contribution in [0.3, 0.4) is 0 Å². The number of fused-ring (bicyclic) bond motifs is 1. The lowest BCUT2D eigenvalue weighted by Crippen LogP contribution is -2.43. The smallest absolute Gasteiger partial charge is 0.338 e. The van der Waals surface area contributed by atoms with Crippen molar-refractivity contribution in [1.29, 1.82) is 0 Å². The molecule has 0 heterocycles. The van der Waals surface area contributed by atoms with Gasteiger partial charge in [0, 0.05) is 5.92 Å². The number of methoxy groups -OCH3 is 1. The summed E-state index contributed by atoms with van der Waals surface area (Å²) in [6.45, 7) is 9.59. The fourth-order valence-electron chi connectivity index (χ4n) is 6.24. The van der Waals surface area contributed by atoms with Gasteiger partial charge in [-0.25, -0.2) is 4.79 Å². The van der Waals surface area contributed by atoms with Crippen LogP contribution in [0.15, 0.2) is 24.3 Å². The van der Waals surface area contributed by atoms with Gasteiger partial charge in [0.2, 0.25) is 0 Å². The molecule has 2 saturated carbocycles. The minimum atomic E-state index is -0.202. The molecule has 0 radical (unpaired) electrons. The molecule has 0 bridgehead atoms. The molecule has 2 fully saturated rings. The average Bonchev–Trinajstić information content (AvgIpc) is 3.05. The van der Waals surface area contributed by atoms with E-state index in [2.05, 4.69) is 27.7 Å². The maximum atomic E-state index is 12.8. The zero-order valence-electron chi connectivity index (χ0n) is 19.1. The van der Waals surface area contributed by atoms with E-state index in [1.807, 2.05) is 18.2 Å². The number of hydrogen-bond acceptors (Lipinski definition) is 3. The standard InChI is InChI=1S/C26H40O3/c1-18(2)9-6-10-19(3)22-14-15-23-24(13-8-16-26(22,23)4)29-25(27)20-11-7-12-21(17-20)28-5/h7,11-12,17-19,22-24H,6,8-10,13-16H2,1-5H3/t19-,22-,23+,24+,26-/m1/s1. The second kappa shape index (κ2) is 9.53. The molecule has 0 amide bonds. The molecule has 1 aromatic carbocycles. The first-order valence-corrected chi connectivity index (χ1v) is 11.7. The summed E-state index contributed by atoms with van der Waals surface area (Å²) in [5.41, 5.74) is 0.905. The molecule has 3 rings (SSSR count). The van der Waals surface area contributed by atoms with Gasteiger partial charge in [-0.05, 0) is 73.5 Å². The quantitative estimate of drug-likeness (QED) is 0.445. The molecular weight excluding hydrogens is 360 g/mol. The zero-order chi connectivity index (χ0) is 21.0. The first-order valence-electron chi connectivity index (χ1n) is 11.7. The van der Waals surface area contributed by atoms with Crippen molar-refractivity contribution in [2.24, 2.45) is 29.1 Å². The molecule has 2 aliphatic carbocycles. The van der Waals surface area contributed by atoms with E-state index in [4.69, 9.17) is 9.47 Å². The van der Waals surface area contributed by atoms with Crippen LogP contribution < -0.4 is 4.74 Å². The topological polar surface area (TPSA) is 35.5 Å². The minimum Gasteiger partial charge on any atom is -0.497 e. The lowest BCUT2D eigenvalue weighted by molar-refractivity contribution is -0.0473. The zero-order valence-corrected chi connectivity index (χ0v) is 19.1. The highest BCUT2D eigenvalue weighted by Crippen LogP contribution is 2.58. The molecule has 0 N–H and O–H groups in total. The summed E-state index contributed by atoms with van der Waals surface area (Å²) in [5.74, 6) is 3.32. The summed E-state index contributed by atoms with van der Waals surface area (Å²) in [6.07, 6.45) is 10.00. The Labute approximate surface area is 177 Å². The van der Waals surface area contributed by atoms with Crippen molar-refractivity contribution in [3.05, 3.63) is 29.8 Å². The molecule has 5 atom stereocenters. The molecule has 1 aromatic rings. The number of benzene rings is 1. The Kier molecular flexibility index (Phi) is 7.29. The van der Waals surface area contributed by atoms with Gasteiger partial charge in [0.15, 0.2) is 0 Å². The van der Waals surface area contributed by atoms with Gasteiger partial charge in [-0.15, -0.1) is 0 Å². The summed E-state index contributed by atoms with van der Waals surface area (Å²) in [7, 11) is 1.62. The van der Waals surface area contributed by atoms with Crippen LogP contribution in [0.5, 0.6) is 5.75 Å². The molecular formula is C26H40O3. The van der Waals surface area contributed by atoms with Crippen LogP contribution in [-0.2, 0) is 4.74 Å². The van der Waals surface area contributed by atoms with Crippen molar-refractivity contribution in [2.45, 2.75) is 85.2 Å². The summed E-state index contributed by atoms with van der Waals surface area (Å²) < 4.78 is 11.4. The van der Waals surface area contributed by atoms with E-state index in [-0.39, 0.29) is 12.1 Å². The van der Waals surface area contributed by atoms with Gasteiger partial charge in [0.05, 0.1) is 12.7 Å². The summed E-state index contributed by atoms with van der Waals surface area (Å²) in [4.78, 5) is 12.8. The number of ether oxygens (including phenoxy) is 2. The highest BCUT2D eigenvalue weighted by atomic mass is 16.5. The van der Waals surface area contributed by atoms with E-state index < -0.39 is 0 Å². The van der Waals surface area contributed by atoms with Crippen LogP contribution in [-0.4, -0.2) is 19.2 Å². The second-order valence-corrected chi connectivity index (χ2v) is 10.2. The second-order valence-electron chi connectivity index (χ2n) is 10.2. The number of carbonyl (C=O) groups excluding carboxylic acids is 1. The van der Waals surface area contributed by atoms with Crippen LogP contribution in [0.2, 0.25) is 0 Å². The largest absolute Gasteiger partial charge is 0.497 e. The molecule has 3 heteroatoms. The molecule has 0 saturated heterocycles. The van der Waals surface area contributed by atoms with E-state index in [1.165, 1.54) is 38.5 Å². The Bertz CT molecular complexity index is 682. The highest BCUT2D eigenvalue weighted by molar-refractivity contribution is 5.90. The van der Waals surface area contributed by atoms with Gasteiger partial charge in [0.25, 0.3) is 0 Å². The summed E-state index contributed by atoms with van der Waals surface area (Å²) in [6, 6.07) is 7.31. The van der Waals surface area contributed by atoms with Crippen LogP contribution in [0.25, 0.3) is 0 Å². The van der Waals surface area contributed by atoms with Gasteiger partial charge in [0.1, 0.15) is 11.9 Å². The van der Waals surface area contributed by atoms with E-state index in [0.29, 0.717) is 22.6 Å². The van der Waals surface area contributed by atoms with Crippen LogP contribution in [0.1, 0.15) is 89.4 Å². The molecule has 3 nitrogen and oxygen atoms in total. The Morgan fingerprint density at radius 1 is 1.17 bits per heavy atom. The van der Waals surface area contributed by atoms with E-state index in [0.717, 1.165) is 30.6 Å². The van der Waals surface area contributed by atoms with E-state index >= 15 is 0 Å². The van der Waals surface area contributed by atoms with Crippen LogP contribution >= 0.6 is 0 Å². The SMILES string of the molecule is COc1cccc(C(=O)O[C@H]2CCC[C@]3(C)[C@@H]([C@H](C)CCCC(C)C)CC[C@@H]23)c1. The predicted molar refractivity (Wildman–Crippen MR) is 118 cm³/mol. The Hall–Kier alpha value is -1.51. The van der Waals surface area contributed by atoms with Crippen molar-refractivity contribution in [2.75, 3.05) is 7.11 Å². The third kappa shape index (κ3) is 4.98. The third-order valence-corrected chi connectivity index (χ3v) is 7.83. The first kappa shape index (κ1) is 22.2. The number of carbonyl (C=O) groups is 1. The first-order chi connectivity index (χ1) is 13.8. The van der Waals surface area contributed by atoms with Gasteiger partial charge in [-0.2, -0.15) is 0 Å². The fourth-order valence-corrected chi connectivity index (χ4v) is 6.24. The van der Waals surface area contributed by atoms with Crippen molar-refractivity contribution in [3.8, 4) is 5.75 Å². The van der Waals surface area contributed by atoms with E-state index in [1.54, 1.807) is 13.2 Å². The van der Waals surface area contributed by atoms with Gasteiger partial charge >= 0.3 is 5.97 Å². The molecule has 162 valence electrons. The molecule has 0 unspecified atom stereocenters. The Balaban J connectivity index is 1.65. The number of hydrogen-bond donors (Lipinski definition) is 0. The molecule has 0 aromatic heterocycles. The van der Waals surface area contributed by atoms with Crippen molar-refractivity contribution in [1.82, 2.24) is 0 Å². The van der Waals surface area contributed by atoms with Gasteiger partial charge in [-0.1, -0.05) is 53.0 Å². The Morgan fingerprint density at radius 2 is 1.97 bits per heavy atom. The molecule has 0 spiro atoms. The average molecular weight is 401 g/mol. The lowest BCUT2D eigenvalue weighted by Gasteiger charge is -2.46. The number of rotatable bonds is 8. The monoisotopic (exact) mass is 400 g/mol. The third-order valence-electron chi connectivity index (χ3n) is 7.83. The summed E-state index contributed by atoms with van der Waals surface area (Å²) >= 11 is 0. The highest BCUT2D eigenvalue weighted by Gasteiger charge is 2.53. The van der Waals surface area contributed by atoms with Gasteiger partial charge in [-0.3, -0.25) is 0 Å². The van der Waals surface area contributed by atoms with Crippen LogP contribution in [0, 0.1) is 29.1 Å².